The summed E-state index contributed by atoms with van der Waals surface area (Å²) < 4.78 is 5.49. The summed E-state index contributed by atoms with van der Waals surface area (Å²) >= 11 is 0. The van der Waals surface area contributed by atoms with Gasteiger partial charge in [-0.2, -0.15) is 0 Å². The van der Waals surface area contributed by atoms with Gasteiger partial charge in [-0.3, -0.25) is 9.59 Å². The van der Waals surface area contributed by atoms with Crippen molar-refractivity contribution in [2.45, 2.75) is 111 Å². The fraction of sp³-hybridized carbons (Fsp3) is 0.909. The second kappa shape index (κ2) is 16.1. The number of ketones is 1. The first kappa shape index (κ1) is 26.1. The van der Waals surface area contributed by atoms with Gasteiger partial charge in [0.15, 0.2) is 0 Å². The molecule has 3 N–H and O–H groups in total. The highest BCUT2D eigenvalue weighted by atomic mass is 16.5. The summed E-state index contributed by atoms with van der Waals surface area (Å²) in [6.07, 6.45) is 12.9. The summed E-state index contributed by atoms with van der Waals surface area (Å²) in [6.45, 7) is 7.97. The first-order valence-corrected chi connectivity index (χ1v) is 10.9. The zero-order valence-corrected chi connectivity index (χ0v) is 18.0. The van der Waals surface area contributed by atoms with E-state index in [0.29, 0.717) is 30.8 Å². The van der Waals surface area contributed by atoms with E-state index in [-0.39, 0.29) is 19.4 Å². The lowest BCUT2D eigenvalue weighted by Crippen LogP contribution is -2.21. The maximum atomic E-state index is 11.5. The Hall–Kier alpha value is -0.940. The van der Waals surface area contributed by atoms with Crippen LogP contribution in [0.5, 0.6) is 0 Å². The standard InChI is InChI=1S/C10H18O.C9H17NO2.C3H8O.H2/c1-8(2)10(11)9-6-4-3-5-7-9;10-9(11)6-7-12-8-4-2-1-3-5-8;1-3(2)4;/h8-9H,3-7H2,1-2H3;8H,1-7H2,(H2,10,11);3-4H,1-2H3;1H. The largest absolute Gasteiger partial charge is 0.394 e. The minimum Gasteiger partial charge on any atom is -0.394 e. The number of aliphatic hydroxyl groups excluding tert-OH is 1. The van der Waals surface area contributed by atoms with Crippen LogP contribution in [0.3, 0.4) is 0 Å². The molecule has 2 fully saturated rings. The van der Waals surface area contributed by atoms with Crippen molar-refractivity contribution < 1.29 is 20.9 Å². The Morgan fingerprint density at radius 1 is 0.963 bits per heavy atom. The minimum absolute atomic E-state index is 0. The smallest absolute Gasteiger partial charge is 0.219 e. The molecule has 2 aliphatic carbocycles. The van der Waals surface area contributed by atoms with Gasteiger partial charge in [0, 0.05) is 25.8 Å². The van der Waals surface area contributed by atoms with Crippen molar-refractivity contribution in [3.8, 4) is 0 Å². The van der Waals surface area contributed by atoms with Crippen LogP contribution in [0.25, 0.3) is 0 Å². The van der Waals surface area contributed by atoms with E-state index in [4.69, 9.17) is 15.6 Å². The van der Waals surface area contributed by atoms with Crippen LogP contribution in [0, 0.1) is 11.8 Å². The first-order chi connectivity index (χ1) is 12.7. The third-order valence-electron chi connectivity index (χ3n) is 4.83. The van der Waals surface area contributed by atoms with E-state index in [0.717, 1.165) is 25.7 Å². The first-order valence-electron chi connectivity index (χ1n) is 10.9. The molecule has 0 aromatic carbocycles. The van der Waals surface area contributed by atoms with Gasteiger partial charge in [-0.1, -0.05) is 52.4 Å². The van der Waals surface area contributed by atoms with Gasteiger partial charge in [0.05, 0.1) is 12.7 Å². The molecule has 0 aliphatic heterocycles. The molecule has 5 nitrogen and oxygen atoms in total. The Labute approximate surface area is 167 Å². The van der Waals surface area contributed by atoms with E-state index in [9.17, 15) is 9.59 Å². The zero-order valence-electron chi connectivity index (χ0n) is 18.0. The summed E-state index contributed by atoms with van der Waals surface area (Å²) in [7, 11) is 0. The van der Waals surface area contributed by atoms with Crippen molar-refractivity contribution in [1.29, 1.82) is 0 Å². The van der Waals surface area contributed by atoms with Crippen LogP contribution in [0.1, 0.15) is 99.8 Å². The fourth-order valence-electron chi connectivity index (χ4n) is 3.42. The normalized spacial score (nSPS) is 18.3. The number of hydrogen-bond acceptors (Lipinski definition) is 4. The predicted molar refractivity (Wildman–Crippen MR) is 113 cm³/mol. The van der Waals surface area contributed by atoms with Crippen LogP contribution >= 0.6 is 0 Å². The number of rotatable bonds is 6. The average molecular weight is 388 g/mol. The van der Waals surface area contributed by atoms with Gasteiger partial charge in [-0.05, 0) is 39.5 Å². The van der Waals surface area contributed by atoms with Crippen molar-refractivity contribution in [1.82, 2.24) is 0 Å². The SMILES string of the molecule is CC(C)C(=O)C1CCCCC1.CC(C)O.NC(=O)CCOC1CCCCC1.[HH]. The molecule has 0 aromatic heterocycles. The lowest BCUT2D eigenvalue weighted by molar-refractivity contribution is -0.126. The number of Topliss-reactive ketones (excluding diaryl/α,β-unsaturated/α-hetero) is 1. The van der Waals surface area contributed by atoms with Gasteiger partial charge in [-0.15, -0.1) is 0 Å². The number of hydrogen-bond donors (Lipinski definition) is 2. The van der Waals surface area contributed by atoms with Gasteiger partial charge in [0.1, 0.15) is 5.78 Å². The Morgan fingerprint density at radius 3 is 1.81 bits per heavy atom. The molecule has 2 aliphatic rings. The van der Waals surface area contributed by atoms with Crippen LogP contribution in [0.2, 0.25) is 0 Å². The zero-order chi connectivity index (χ0) is 20.7. The van der Waals surface area contributed by atoms with Gasteiger partial charge < -0.3 is 15.6 Å². The third kappa shape index (κ3) is 15.8. The number of amides is 1. The van der Waals surface area contributed by atoms with Crippen molar-refractivity contribution in [3.63, 3.8) is 0 Å². The van der Waals surface area contributed by atoms with E-state index in [1.165, 1.54) is 38.5 Å². The maximum absolute atomic E-state index is 11.5. The van der Waals surface area contributed by atoms with Crippen LogP contribution < -0.4 is 5.73 Å². The quantitative estimate of drug-likeness (QED) is 0.695. The van der Waals surface area contributed by atoms with E-state index in [2.05, 4.69) is 0 Å². The number of nitrogens with two attached hydrogens (primary N) is 1. The summed E-state index contributed by atoms with van der Waals surface area (Å²) in [4.78, 5) is 21.9. The monoisotopic (exact) mass is 387 g/mol. The molecule has 0 unspecified atom stereocenters. The lowest BCUT2D eigenvalue weighted by Gasteiger charge is -2.21. The molecule has 1 amide bonds. The molecule has 0 bridgehead atoms. The number of primary amides is 1. The molecule has 2 saturated carbocycles. The van der Waals surface area contributed by atoms with E-state index in [1.54, 1.807) is 13.8 Å². The van der Waals surface area contributed by atoms with Crippen LogP contribution in [0.4, 0.5) is 0 Å². The summed E-state index contributed by atoms with van der Waals surface area (Å²) in [5, 5.41) is 8.06. The van der Waals surface area contributed by atoms with Gasteiger partial charge in [-0.25, -0.2) is 0 Å². The third-order valence-corrected chi connectivity index (χ3v) is 4.83. The number of carbonyl (C=O) groups excluding carboxylic acids is 2. The van der Waals surface area contributed by atoms with Gasteiger partial charge in [0.2, 0.25) is 5.91 Å². The van der Waals surface area contributed by atoms with Gasteiger partial charge in [0.25, 0.3) is 0 Å². The van der Waals surface area contributed by atoms with E-state index >= 15 is 0 Å². The average Bonchev–Trinajstić information content (AvgIpc) is 2.62. The molecule has 0 atom stereocenters. The molecule has 0 spiro atoms. The van der Waals surface area contributed by atoms with Crippen molar-refractivity contribution in [3.05, 3.63) is 0 Å². The molecule has 27 heavy (non-hydrogen) atoms. The Balaban J connectivity index is 0. The number of carbonyl (C=O) groups is 2. The molecule has 0 radical (unpaired) electrons. The molecule has 0 saturated heterocycles. The molecular formula is C22H45NO4. The Morgan fingerprint density at radius 2 is 1.41 bits per heavy atom. The van der Waals surface area contributed by atoms with E-state index < -0.39 is 0 Å². The fourth-order valence-corrected chi connectivity index (χ4v) is 3.42. The van der Waals surface area contributed by atoms with Crippen molar-refractivity contribution >= 4 is 11.7 Å². The maximum Gasteiger partial charge on any atom is 0.219 e. The van der Waals surface area contributed by atoms with Crippen molar-refractivity contribution in [2.75, 3.05) is 6.61 Å². The summed E-state index contributed by atoms with van der Waals surface area (Å²) in [6, 6.07) is 0. The second-order valence-corrected chi connectivity index (χ2v) is 8.33. The highest BCUT2D eigenvalue weighted by molar-refractivity contribution is 5.82. The Kier molecular flexibility index (Phi) is 15.5. The number of aliphatic hydroxyl groups is 1. The predicted octanol–water partition coefficient (Wildman–Crippen LogP) is 4.64. The van der Waals surface area contributed by atoms with E-state index in [1.807, 2.05) is 13.8 Å². The second-order valence-electron chi connectivity index (χ2n) is 8.33. The molecule has 162 valence electrons. The lowest BCUT2D eigenvalue weighted by atomic mass is 9.83. The summed E-state index contributed by atoms with van der Waals surface area (Å²) in [5.74, 6) is 0.873. The Bertz CT molecular complexity index is 387. The molecular weight excluding hydrogens is 342 g/mol. The molecule has 2 rings (SSSR count). The summed E-state index contributed by atoms with van der Waals surface area (Å²) in [5.41, 5.74) is 4.99. The van der Waals surface area contributed by atoms with Crippen LogP contribution in [-0.2, 0) is 14.3 Å². The highest BCUT2D eigenvalue weighted by Gasteiger charge is 2.22. The number of ether oxygens (including phenoxy) is 1. The highest BCUT2D eigenvalue weighted by Crippen LogP contribution is 2.26. The van der Waals surface area contributed by atoms with Crippen LogP contribution in [-0.4, -0.2) is 35.6 Å². The topological polar surface area (TPSA) is 89.6 Å². The van der Waals surface area contributed by atoms with Crippen LogP contribution in [0.15, 0.2) is 0 Å². The molecule has 5 heteroatoms. The minimum atomic E-state index is -0.272. The van der Waals surface area contributed by atoms with Crippen molar-refractivity contribution in [2.24, 2.45) is 17.6 Å². The molecule has 0 heterocycles. The van der Waals surface area contributed by atoms with Gasteiger partial charge >= 0.3 is 0 Å². The molecule has 0 aromatic rings.